The van der Waals surface area contributed by atoms with Gasteiger partial charge in [0.05, 0.1) is 22.7 Å². The van der Waals surface area contributed by atoms with Crippen molar-refractivity contribution >= 4 is 41.9 Å². The van der Waals surface area contributed by atoms with Crippen LogP contribution in [0.4, 0.5) is 9.57 Å². The third-order valence-electron chi connectivity index (χ3n) is 3.07. The predicted octanol–water partition coefficient (Wildman–Crippen LogP) is 3.13. The number of benzene rings is 2. The average molecular weight is 354 g/mol. The van der Waals surface area contributed by atoms with Crippen LogP contribution in [0, 0.1) is 0 Å². The number of halogens is 1. The van der Waals surface area contributed by atoms with Crippen molar-refractivity contribution < 1.29 is 13.3 Å². The van der Waals surface area contributed by atoms with Crippen molar-refractivity contribution in [3.63, 3.8) is 0 Å². The molecule has 0 amide bonds. The molecule has 7 heteroatoms. The van der Waals surface area contributed by atoms with Gasteiger partial charge >= 0.3 is 8.03 Å². The molecule has 0 spiro atoms. The standard InChI is InChI=1S/C12H11FNO2PS.C4H9N/c1-14(2)12-9-4-3-5-10(17(15)16)8(9)6-7-11(12)18-13;1-2-3-4-5/h3-7H,1-2H3;2H,1,3-5H2. The van der Waals surface area contributed by atoms with Crippen LogP contribution in [0.3, 0.4) is 0 Å². The van der Waals surface area contributed by atoms with E-state index in [1.165, 1.54) is 0 Å². The number of hydrogen-bond donors (Lipinski definition) is 1. The van der Waals surface area contributed by atoms with Crippen molar-refractivity contribution in [2.45, 2.75) is 11.3 Å². The van der Waals surface area contributed by atoms with E-state index in [1.807, 2.05) is 0 Å². The zero-order chi connectivity index (χ0) is 17.4. The zero-order valence-corrected chi connectivity index (χ0v) is 14.9. The Bertz CT molecular complexity index is 695. The molecule has 0 aliphatic heterocycles. The summed E-state index contributed by atoms with van der Waals surface area (Å²) < 4.78 is 24.1. The summed E-state index contributed by atoms with van der Waals surface area (Å²) >= 11 is 0.160. The highest BCUT2D eigenvalue weighted by molar-refractivity contribution is 7.94. The summed E-state index contributed by atoms with van der Waals surface area (Å²) in [5, 5.41) is 1.62. The van der Waals surface area contributed by atoms with E-state index in [9.17, 15) is 13.3 Å². The second-order valence-electron chi connectivity index (χ2n) is 4.88. The lowest BCUT2D eigenvalue weighted by atomic mass is 10.1. The summed E-state index contributed by atoms with van der Waals surface area (Å²) in [6, 6.07) is 8.26. The number of nitrogens with zero attached hydrogens (tertiary/aromatic N) is 1. The van der Waals surface area contributed by atoms with Gasteiger partial charge in [-0.15, -0.1) is 6.58 Å². The molecule has 2 rings (SSSR count). The fourth-order valence-corrected chi connectivity index (χ4v) is 3.19. The van der Waals surface area contributed by atoms with E-state index in [4.69, 9.17) is 5.73 Å². The Labute approximate surface area is 141 Å². The van der Waals surface area contributed by atoms with Crippen LogP contribution in [-0.2, 0) is 4.57 Å². The smallest absolute Gasteiger partial charge is 0.349 e. The van der Waals surface area contributed by atoms with Crippen LogP contribution in [0.15, 0.2) is 47.9 Å². The van der Waals surface area contributed by atoms with E-state index in [2.05, 4.69) is 6.58 Å². The Kier molecular flexibility index (Phi) is 8.20. The van der Waals surface area contributed by atoms with Crippen LogP contribution in [0.2, 0.25) is 0 Å². The summed E-state index contributed by atoms with van der Waals surface area (Å²) in [6.07, 6.45) is 2.74. The fraction of sp³-hybridized carbons (Fsp3) is 0.250. The summed E-state index contributed by atoms with van der Waals surface area (Å²) in [7, 11) is 0.948. The predicted molar refractivity (Wildman–Crippen MR) is 96.3 cm³/mol. The lowest BCUT2D eigenvalue weighted by Crippen LogP contribution is -2.12. The van der Waals surface area contributed by atoms with Crippen LogP contribution in [0.1, 0.15) is 6.42 Å². The van der Waals surface area contributed by atoms with Crippen LogP contribution in [-0.4, -0.2) is 20.6 Å². The molecular formula is C16H20FN2O2PS. The normalized spacial score (nSPS) is 10.7. The molecule has 0 aliphatic rings. The van der Waals surface area contributed by atoms with E-state index in [1.54, 1.807) is 55.4 Å². The Morgan fingerprint density at radius 2 is 2.04 bits per heavy atom. The lowest BCUT2D eigenvalue weighted by Gasteiger charge is -2.18. The Balaban J connectivity index is 0.000000463. The van der Waals surface area contributed by atoms with E-state index in [0.29, 0.717) is 16.0 Å². The maximum absolute atomic E-state index is 12.9. The summed E-state index contributed by atoms with van der Waals surface area (Å²) in [5.74, 6) is 0. The maximum Gasteiger partial charge on any atom is 0.349 e. The van der Waals surface area contributed by atoms with Gasteiger partial charge in [-0.2, -0.15) is 3.89 Å². The molecule has 2 aromatic rings. The molecule has 0 fully saturated rings. The van der Waals surface area contributed by atoms with Gasteiger partial charge in [0.25, 0.3) is 0 Å². The molecule has 1 atom stereocenters. The Morgan fingerprint density at radius 1 is 1.35 bits per heavy atom. The minimum Gasteiger partial charge on any atom is -0.591 e. The first-order valence-electron chi connectivity index (χ1n) is 6.94. The molecule has 0 radical (unpaired) electrons. The quantitative estimate of drug-likeness (QED) is 0.660. The van der Waals surface area contributed by atoms with Crippen molar-refractivity contribution in [1.82, 2.24) is 0 Å². The molecule has 4 nitrogen and oxygen atoms in total. The molecule has 23 heavy (non-hydrogen) atoms. The van der Waals surface area contributed by atoms with Crippen molar-refractivity contribution in [3.8, 4) is 0 Å². The first kappa shape index (κ1) is 19.6. The molecule has 2 aromatic carbocycles. The second-order valence-corrected chi connectivity index (χ2v) is 6.47. The van der Waals surface area contributed by atoms with Crippen molar-refractivity contribution in [2.75, 3.05) is 25.5 Å². The molecular weight excluding hydrogens is 334 g/mol. The third kappa shape index (κ3) is 5.01. The zero-order valence-electron chi connectivity index (χ0n) is 13.2. The minimum atomic E-state index is -2.66. The summed E-state index contributed by atoms with van der Waals surface area (Å²) in [4.78, 5) is 13.5. The Hall–Kier alpha value is -1.46. The van der Waals surface area contributed by atoms with E-state index >= 15 is 0 Å². The van der Waals surface area contributed by atoms with E-state index in [-0.39, 0.29) is 17.5 Å². The second kappa shape index (κ2) is 9.63. The fourth-order valence-electron chi connectivity index (χ4n) is 2.11. The highest BCUT2D eigenvalue weighted by atomic mass is 32.2. The number of anilines is 1. The molecule has 0 heterocycles. The van der Waals surface area contributed by atoms with E-state index in [0.717, 1.165) is 18.4 Å². The Morgan fingerprint density at radius 3 is 2.48 bits per heavy atom. The van der Waals surface area contributed by atoms with Crippen molar-refractivity contribution in [3.05, 3.63) is 43.0 Å². The number of hydrogen-bond acceptors (Lipinski definition) is 5. The number of rotatable bonds is 5. The minimum absolute atomic E-state index is 0.160. The van der Waals surface area contributed by atoms with Gasteiger partial charge in [0, 0.05) is 24.9 Å². The van der Waals surface area contributed by atoms with Gasteiger partial charge < -0.3 is 15.5 Å². The van der Waals surface area contributed by atoms with Crippen LogP contribution >= 0.6 is 20.2 Å². The topological polar surface area (TPSA) is 69.4 Å². The number of fused-ring (bicyclic) bond motifs is 1. The van der Waals surface area contributed by atoms with Crippen LogP contribution < -0.4 is 20.8 Å². The third-order valence-corrected chi connectivity index (χ3v) is 4.35. The van der Waals surface area contributed by atoms with Gasteiger partial charge in [0.15, 0.2) is 5.30 Å². The summed E-state index contributed by atoms with van der Waals surface area (Å²) in [6.45, 7) is 4.20. The van der Waals surface area contributed by atoms with Gasteiger partial charge in [-0.3, -0.25) is 0 Å². The monoisotopic (exact) mass is 354 g/mol. The van der Waals surface area contributed by atoms with Gasteiger partial charge in [0.1, 0.15) is 0 Å². The molecule has 0 aromatic heterocycles. The van der Waals surface area contributed by atoms with Gasteiger partial charge in [0.2, 0.25) is 0 Å². The van der Waals surface area contributed by atoms with Gasteiger partial charge in [-0.1, -0.05) is 22.8 Å². The average Bonchev–Trinajstić information content (AvgIpc) is 2.54. The van der Waals surface area contributed by atoms with E-state index < -0.39 is 8.03 Å². The van der Waals surface area contributed by atoms with Crippen molar-refractivity contribution in [2.24, 2.45) is 5.73 Å². The molecule has 2 N–H and O–H groups in total. The van der Waals surface area contributed by atoms with Gasteiger partial charge in [-0.25, -0.2) is 0 Å². The van der Waals surface area contributed by atoms with Crippen LogP contribution in [0.25, 0.3) is 10.8 Å². The lowest BCUT2D eigenvalue weighted by molar-refractivity contribution is -0.160. The molecule has 124 valence electrons. The SMILES string of the molecule is C=CCCN.CN(C)c1c(SF)ccc2c([P+](=O)[O-])cccc12. The highest BCUT2D eigenvalue weighted by Gasteiger charge is 2.17. The first-order valence-corrected chi connectivity index (χ1v) is 8.84. The first-order chi connectivity index (χ1) is 11.0. The highest BCUT2D eigenvalue weighted by Crippen LogP contribution is 2.37. The molecule has 1 unspecified atom stereocenters. The molecule has 0 aliphatic carbocycles. The van der Waals surface area contributed by atoms with Crippen molar-refractivity contribution in [1.29, 1.82) is 0 Å². The van der Waals surface area contributed by atoms with Gasteiger partial charge in [-0.05, 0) is 31.2 Å². The number of nitrogens with two attached hydrogens (primary N) is 1. The molecule has 0 saturated heterocycles. The van der Waals surface area contributed by atoms with Crippen LogP contribution in [0.5, 0.6) is 0 Å². The largest absolute Gasteiger partial charge is 0.591 e. The maximum atomic E-state index is 12.9. The summed E-state index contributed by atoms with van der Waals surface area (Å²) in [5.41, 5.74) is 5.76. The molecule has 0 bridgehead atoms. The molecule has 0 saturated carbocycles.